The fourth-order valence-corrected chi connectivity index (χ4v) is 2.15. The molecule has 2 rings (SSSR count). The van der Waals surface area contributed by atoms with Gasteiger partial charge < -0.3 is 4.90 Å². The van der Waals surface area contributed by atoms with Crippen LogP contribution in [0.4, 0.5) is 0 Å². The Labute approximate surface area is 67.6 Å². The number of likely N-dealkylation sites (tertiary alicyclic amines) is 1. The molecule has 11 heavy (non-hydrogen) atoms. The molecule has 0 radical (unpaired) electrons. The van der Waals surface area contributed by atoms with Gasteiger partial charge in [-0.3, -0.25) is 4.79 Å². The number of nitrogens with zero attached hydrogens (tertiary/aromatic N) is 1. The Hall–Kier alpha value is -0.530. The highest BCUT2D eigenvalue weighted by Gasteiger charge is 2.54. The fourth-order valence-electron chi connectivity index (χ4n) is 2.15. The number of carbonyl (C=O) groups is 1. The van der Waals surface area contributed by atoms with E-state index in [0.717, 1.165) is 6.42 Å². The second-order valence-corrected chi connectivity index (χ2v) is 4.70. The Morgan fingerprint density at radius 3 is 2.36 bits per heavy atom. The molecule has 0 spiro atoms. The molecule has 2 unspecified atom stereocenters. The zero-order valence-electron chi connectivity index (χ0n) is 7.42. The highest BCUT2D eigenvalue weighted by molar-refractivity contribution is 5.81. The van der Waals surface area contributed by atoms with E-state index in [1.54, 1.807) is 0 Å². The minimum Gasteiger partial charge on any atom is -0.335 e. The van der Waals surface area contributed by atoms with E-state index in [-0.39, 0.29) is 5.54 Å². The SMILES string of the molecule is CC(C)(C)N1C(=O)CC2CC21. The molecule has 1 saturated carbocycles. The summed E-state index contributed by atoms with van der Waals surface area (Å²) in [6.45, 7) is 6.35. The van der Waals surface area contributed by atoms with Crippen LogP contribution in [0.2, 0.25) is 0 Å². The summed E-state index contributed by atoms with van der Waals surface area (Å²) < 4.78 is 0. The number of fused-ring (bicyclic) bond motifs is 1. The van der Waals surface area contributed by atoms with Crippen molar-refractivity contribution in [3.05, 3.63) is 0 Å². The van der Waals surface area contributed by atoms with Gasteiger partial charge in [0.15, 0.2) is 0 Å². The second kappa shape index (κ2) is 1.79. The van der Waals surface area contributed by atoms with E-state index in [1.807, 2.05) is 0 Å². The van der Waals surface area contributed by atoms with E-state index in [0.29, 0.717) is 17.9 Å². The molecule has 0 aromatic carbocycles. The van der Waals surface area contributed by atoms with Gasteiger partial charge in [-0.1, -0.05) is 0 Å². The third kappa shape index (κ3) is 0.959. The monoisotopic (exact) mass is 153 g/mol. The summed E-state index contributed by atoms with van der Waals surface area (Å²) in [6.07, 6.45) is 2.06. The zero-order chi connectivity index (χ0) is 8.22. The molecule has 2 aliphatic rings. The summed E-state index contributed by atoms with van der Waals surface area (Å²) >= 11 is 0. The maximum atomic E-state index is 11.4. The number of hydrogen-bond acceptors (Lipinski definition) is 1. The molecule has 0 N–H and O–H groups in total. The van der Waals surface area contributed by atoms with Crippen LogP contribution in [0.25, 0.3) is 0 Å². The molecule has 2 nitrogen and oxygen atoms in total. The Kier molecular flexibility index (Phi) is 1.16. The molecule has 1 heterocycles. The molecule has 62 valence electrons. The Bertz CT molecular complexity index is 204. The van der Waals surface area contributed by atoms with Gasteiger partial charge in [-0.2, -0.15) is 0 Å². The van der Waals surface area contributed by atoms with Crippen molar-refractivity contribution in [2.24, 2.45) is 5.92 Å². The molecule has 0 bridgehead atoms. The highest BCUT2D eigenvalue weighted by atomic mass is 16.2. The maximum Gasteiger partial charge on any atom is 0.223 e. The molecule has 0 aromatic rings. The fraction of sp³-hybridized carbons (Fsp3) is 0.889. The van der Waals surface area contributed by atoms with Crippen LogP contribution < -0.4 is 0 Å². The highest BCUT2D eigenvalue weighted by Crippen LogP contribution is 2.47. The molecule has 1 aliphatic carbocycles. The first kappa shape index (κ1) is 7.14. The van der Waals surface area contributed by atoms with Crippen LogP contribution in [-0.4, -0.2) is 22.4 Å². The van der Waals surface area contributed by atoms with E-state index in [4.69, 9.17) is 0 Å². The van der Waals surface area contributed by atoms with Crippen LogP contribution in [0.5, 0.6) is 0 Å². The second-order valence-electron chi connectivity index (χ2n) is 4.70. The number of carbonyl (C=O) groups excluding carboxylic acids is 1. The predicted molar refractivity (Wildman–Crippen MR) is 43.1 cm³/mol. The summed E-state index contributed by atoms with van der Waals surface area (Å²) in [6, 6.07) is 0.600. The molecule has 1 saturated heterocycles. The summed E-state index contributed by atoms with van der Waals surface area (Å²) in [5.74, 6) is 1.07. The van der Waals surface area contributed by atoms with E-state index in [1.165, 1.54) is 6.42 Å². The van der Waals surface area contributed by atoms with Gasteiger partial charge in [-0.25, -0.2) is 0 Å². The first-order valence-electron chi connectivity index (χ1n) is 4.32. The van der Waals surface area contributed by atoms with E-state index in [2.05, 4.69) is 25.7 Å². The number of rotatable bonds is 0. The summed E-state index contributed by atoms with van der Waals surface area (Å²) in [4.78, 5) is 13.5. The van der Waals surface area contributed by atoms with Crippen molar-refractivity contribution in [3.63, 3.8) is 0 Å². The van der Waals surface area contributed by atoms with Gasteiger partial charge in [0.1, 0.15) is 0 Å². The van der Waals surface area contributed by atoms with Gasteiger partial charge >= 0.3 is 0 Å². The molecular weight excluding hydrogens is 138 g/mol. The van der Waals surface area contributed by atoms with Crippen LogP contribution in [0.15, 0.2) is 0 Å². The van der Waals surface area contributed by atoms with E-state index >= 15 is 0 Å². The lowest BCUT2D eigenvalue weighted by atomic mass is 10.1. The number of amides is 1. The quantitative estimate of drug-likeness (QED) is 0.515. The van der Waals surface area contributed by atoms with Crippen molar-refractivity contribution in [1.82, 2.24) is 4.90 Å². The molecular formula is C9H15NO. The average molecular weight is 153 g/mol. The van der Waals surface area contributed by atoms with Gasteiger partial charge in [-0.05, 0) is 33.1 Å². The topological polar surface area (TPSA) is 20.3 Å². The molecule has 2 heteroatoms. The summed E-state index contributed by atoms with van der Waals surface area (Å²) in [7, 11) is 0. The summed E-state index contributed by atoms with van der Waals surface area (Å²) in [5, 5.41) is 0. The van der Waals surface area contributed by atoms with E-state index < -0.39 is 0 Å². The average Bonchev–Trinajstić information content (AvgIpc) is 2.38. The smallest absolute Gasteiger partial charge is 0.223 e. The van der Waals surface area contributed by atoms with Crippen LogP contribution in [0.3, 0.4) is 0 Å². The largest absolute Gasteiger partial charge is 0.335 e. The Morgan fingerprint density at radius 2 is 2.09 bits per heavy atom. The summed E-state index contributed by atoms with van der Waals surface area (Å²) in [5.41, 5.74) is 0.0486. The Balaban J connectivity index is 2.19. The molecule has 2 fully saturated rings. The van der Waals surface area contributed by atoms with Crippen molar-refractivity contribution in [2.75, 3.05) is 0 Å². The van der Waals surface area contributed by atoms with Gasteiger partial charge in [0.05, 0.1) is 0 Å². The lowest BCUT2D eigenvalue weighted by Gasteiger charge is -2.33. The van der Waals surface area contributed by atoms with Crippen LogP contribution >= 0.6 is 0 Å². The van der Waals surface area contributed by atoms with Crippen molar-refractivity contribution < 1.29 is 4.79 Å². The zero-order valence-corrected chi connectivity index (χ0v) is 7.42. The molecule has 2 atom stereocenters. The van der Waals surface area contributed by atoms with Crippen molar-refractivity contribution in [2.45, 2.75) is 45.2 Å². The first-order valence-corrected chi connectivity index (χ1v) is 4.32. The van der Waals surface area contributed by atoms with Gasteiger partial charge in [0.2, 0.25) is 5.91 Å². The lowest BCUT2D eigenvalue weighted by Crippen LogP contribution is -2.44. The third-order valence-electron chi connectivity index (χ3n) is 2.65. The van der Waals surface area contributed by atoms with Gasteiger partial charge in [0, 0.05) is 18.0 Å². The normalized spacial score (nSPS) is 35.9. The minimum atomic E-state index is 0.0486. The van der Waals surface area contributed by atoms with E-state index in [9.17, 15) is 4.79 Å². The van der Waals surface area contributed by atoms with Gasteiger partial charge in [0.25, 0.3) is 0 Å². The standard InChI is InChI=1S/C9H15NO/c1-9(2,3)10-7-4-6(7)5-8(10)11/h6-7H,4-5H2,1-3H3. The first-order chi connectivity index (χ1) is 5.00. The number of piperidine rings is 1. The van der Waals surface area contributed by atoms with Crippen LogP contribution in [-0.2, 0) is 4.79 Å². The maximum absolute atomic E-state index is 11.4. The van der Waals surface area contributed by atoms with Crippen LogP contribution in [0, 0.1) is 5.92 Å². The predicted octanol–water partition coefficient (Wildman–Crippen LogP) is 1.41. The molecule has 1 aliphatic heterocycles. The number of hydrogen-bond donors (Lipinski definition) is 0. The molecule has 0 aromatic heterocycles. The van der Waals surface area contributed by atoms with Crippen molar-refractivity contribution in [3.8, 4) is 0 Å². The lowest BCUT2D eigenvalue weighted by molar-refractivity contribution is -0.133. The Morgan fingerprint density at radius 1 is 1.45 bits per heavy atom. The van der Waals surface area contributed by atoms with Crippen LogP contribution in [0.1, 0.15) is 33.6 Å². The van der Waals surface area contributed by atoms with Gasteiger partial charge in [-0.15, -0.1) is 0 Å². The third-order valence-corrected chi connectivity index (χ3v) is 2.65. The van der Waals surface area contributed by atoms with Crippen molar-refractivity contribution in [1.29, 1.82) is 0 Å². The minimum absolute atomic E-state index is 0.0486. The molecule has 1 amide bonds. The van der Waals surface area contributed by atoms with Crippen molar-refractivity contribution >= 4 is 5.91 Å².